The molecule has 3 nitrogen and oxygen atoms in total. The van der Waals surface area contributed by atoms with Crippen molar-refractivity contribution in [3.63, 3.8) is 0 Å². The van der Waals surface area contributed by atoms with E-state index in [1.165, 1.54) is 12.8 Å². The van der Waals surface area contributed by atoms with Crippen molar-refractivity contribution in [3.05, 3.63) is 0 Å². The van der Waals surface area contributed by atoms with Crippen LogP contribution < -0.4 is 0 Å². The Morgan fingerprint density at radius 3 is 2.43 bits per heavy atom. The summed E-state index contributed by atoms with van der Waals surface area (Å²) in [5, 5.41) is 9.96. The van der Waals surface area contributed by atoms with Gasteiger partial charge in [0.15, 0.2) is 0 Å². The third-order valence-corrected chi connectivity index (χ3v) is 3.14. The van der Waals surface area contributed by atoms with E-state index in [0.29, 0.717) is 12.1 Å². The topological polar surface area (TPSA) is 32.7 Å². The van der Waals surface area contributed by atoms with Gasteiger partial charge < -0.3 is 9.84 Å². The molecule has 0 radical (unpaired) electrons. The Morgan fingerprint density at radius 2 is 2.00 bits per heavy atom. The molecular formula is C11H21NO2. The van der Waals surface area contributed by atoms with Crippen molar-refractivity contribution in [1.29, 1.82) is 0 Å². The van der Waals surface area contributed by atoms with Crippen LogP contribution in [0.15, 0.2) is 0 Å². The van der Waals surface area contributed by atoms with E-state index in [-0.39, 0.29) is 5.60 Å². The third-order valence-electron chi connectivity index (χ3n) is 3.14. The lowest BCUT2D eigenvalue weighted by Gasteiger charge is -2.33. The van der Waals surface area contributed by atoms with Crippen LogP contribution in [0, 0.1) is 5.92 Å². The van der Waals surface area contributed by atoms with E-state index in [1.807, 2.05) is 20.8 Å². The fraction of sp³-hybridized carbons (Fsp3) is 1.00. The van der Waals surface area contributed by atoms with Crippen molar-refractivity contribution in [3.8, 4) is 0 Å². The number of likely N-dealkylation sites (tertiary alicyclic amines) is 1. The van der Waals surface area contributed by atoms with E-state index >= 15 is 0 Å². The van der Waals surface area contributed by atoms with Gasteiger partial charge in [-0.05, 0) is 46.5 Å². The molecule has 0 bridgehead atoms. The minimum atomic E-state index is -0.720. The Morgan fingerprint density at radius 1 is 1.36 bits per heavy atom. The summed E-state index contributed by atoms with van der Waals surface area (Å²) < 4.78 is 5.57. The zero-order chi connectivity index (χ0) is 10.5. The molecule has 2 rings (SSSR count). The van der Waals surface area contributed by atoms with Crippen LogP contribution in [0.1, 0.15) is 40.5 Å². The molecule has 1 saturated carbocycles. The summed E-state index contributed by atoms with van der Waals surface area (Å²) in [4.78, 5) is 2.12. The number of fused-ring (bicyclic) bond motifs is 1. The number of ether oxygens (including phenoxy) is 1. The van der Waals surface area contributed by atoms with Gasteiger partial charge in [0.1, 0.15) is 0 Å². The van der Waals surface area contributed by atoms with Crippen LogP contribution in [0.25, 0.3) is 0 Å². The van der Waals surface area contributed by atoms with Crippen LogP contribution >= 0.6 is 0 Å². The molecule has 1 aliphatic heterocycles. The lowest BCUT2D eigenvalue weighted by Crippen LogP contribution is -2.45. The molecule has 2 fully saturated rings. The highest BCUT2D eigenvalue weighted by atomic mass is 16.6. The molecule has 1 aliphatic carbocycles. The average molecular weight is 199 g/mol. The lowest BCUT2D eigenvalue weighted by atomic mass is 10.2. The molecule has 3 heteroatoms. The van der Waals surface area contributed by atoms with Crippen molar-refractivity contribution in [2.45, 2.75) is 64.6 Å². The Bertz CT molecular complexity index is 222. The maximum absolute atomic E-state index is 9.96. The van der Waals surface area contributed by atoms with Gasteiger partial charge in [0.05, 0.1) is 5.60 Å². The summed E-state index contributed by atoms with van der Waals surface area (Å²) in [5.74, 6) is 0.822. The van der Waals surface area contributed by atoms with Crippen molar-refractivity contribution in [2.75, 3.05) is 0 Å². The number of aliphatic hydroxyl groups is 1. The predicted molar refractivity (Wildman–Crippen MR) is 54.7 cm³/mol. The van der Waals surface area contributed by atoms with E-state index in [4.69, 9.17) is 4.74 Å². The Balaban J connectivity index is 1.94. The van der Waals surface area contributed by atoms with Gasteiger partial charge in [-0.2, -0.15) is 0 Å². The standard InChI is InChI=1S/C11H21NO2/c1-7-5-8-6-9(8)12(7)10(13)14-11(2,3)4/h7-10,13H,5-6H2,1-4H3/t7-,8?,9?,10?/m1/s1. The van der Waals surface area contributed by atoms with E-state index in [9.17, 15) is 5.11 Å². The first kappa shape index (κ1) is 10.4. The highest BCUT2D eigenvalue weighted by molar-refractivity contribution is 5.04. The van der Waals surface area contributed by atoms with Crippen molar-refractivity contribution >= 4 is 0 Å². The maximum atomic E-state index is 9.96. The Hall–Kier alpha value is -0.120. The monoisotopic (exact) mass is 199 g/mol. The molecule has 3 unspecified atom stereocenters. The summed E-state index contributed by atoms with van der Waals surface area (Å²) in [7, 11) is 0. The second-order valence-electron chi connectivity index (χ2n) is 5.65. The van der Waals surface area contributed by atoms with E-state index in [0.717, 1.165) is 5.92 Å². The van der Waals surface area contributed by atoms with Crippen molar-refractivity contribution < 1.29 is 9.84 Å². The van der Waals surface area contributed by atoms with Crippen molar-refractivity contribution in [2.24, 2.45) is 5.92 Å². The summed E-state index contributed by atoms with van der Waals surface area (Å²) in [5.41, 5.74) is -0.272. The molecule has 1 N–H and O–H groups in total. The Kier molecular flexibility index (Phi) is 2.37. The number of aliphatic hydroxyl groups excluding tert-OH is 1. The molecule has 4 atom stereocenters. The van der Waals surface area contributed by atoms with Gasteiger partial charge in [0.25, 0.3) is 0 Å². The maximum Gasteiger partial charge on any atom is 0.217 e. The molecule has 0 aromatic rings. The normalized spacial score (nSPS) is 39.6. The molecule has 14 heavy (non-hydrogen) atoms. The minimum Gasteiger partial charge on any atom is -0.356 e. The molecule has 1 saturated heterocycles. The molecule has 82 valence electrons. The van der Waals surface area contributed by atoms with Crippen LogP contribution in [0.5, 0.6) is 0 Å². The number of nitrogens with zero attached hydrogens (tertiary/aromatic N) is 1. The first-order chi connectivity index (χ1) is 6.38. The second-order valence-corrected chi connectivity index (χ2v) is 5.65. The SMILES string of the molecule is C[C@@H]1CC2CC2N1C(O)OC(C)(C)C. The predicted octanol–water partition coefficient (Wildman–Crippen LogP) is 1.56. The highest BCUT2D eigenvalue weighted by Crippen LogP contribution is 2.48. The quantitative estimate of drug-likeness (QED) is 0.685. The zero-order valence-electron chi connectivity index (χ0n) is 9.53. The van der Waals surface area contributed by atoms with Gasteiger partial charge in [-0.15, -0.1) is 0 Å². The molecular weight excluding hydrogens is 178 g/mol. The zero-order valence-corrected chi connectivity index (χ0v) is 9.53. The number of hydrogen-bond acceptors (Lipinski definition) is 3. The van der Waals surface area contributed by atoms with Crippen LogP contribution in [0.3, 0.4) is 0 Å². The second kappa shape index (κ2) is 3.19. The molecule has 0 amide bonds. The van der Waals surface area contributed by atoms with Gasteiger partial charge in [-0.25, -0.2) is 4.90 Å². The molecule has 0 aromatic carbocycles. The first-order valence-corrected chi connectivity index (χ1v) is 5.52. The number of rotatable bonds is 2. The van der Waals surface area contributed by atoms with Gasteiger partial charge in [0.2, 0.25) is 6.41 Å². The number of piperidine rings is 1. The fourth-order valence-electron chi connectivity index (χ4n) is 2.50. The fourth-order valence-corrected chi connectivity index (χ4v) is 2.50. The Labute approximate surface area is 86.0 Å². The summed E-state index contributed by atoms with van der Waals surface area (Å²) in [6, 6.07) is 1.05. The largest absolute Gasteiger partial charge is 0.356 e. The summed E-state index contributed by atoms with van der Waals surface area (Å²) >= 11 is 0. The summed E-state index contributed by atoms with van der Waals surface area (Å²) in [6.07, 6.45) is 1.74. The van der Waals surface area contributed by atoms with Gasteiger partial charge >= 0.3 is 0 Å². The lowest BCUT2D eigenvalue weighted by molar-refractivity contribution is -0.245. The van der Waals surface area contributed by atoms with E-state index < -0.39 is 6.41 Å². The third kappa shape index (κ3) is 1.95. The van der Waals surface area contributed by atoms with Gasteiger partial charge in [-0.1, -0.05) is 0 Å². The van der Waals surface area contributed by atoms with Crippen LogP contribution in [-0.4, -0.2) is 34.1 Å². The average Bonchev–Trinajstić information content (AvgIpc) is 2.58. The van der Waals surface area contributed by atoms with Crippen LogP contribution in [-0.2, 0) is 4.74 Å². The molecule has 2 aliphatic rings. The van der Waals surface area contributed by atoms with Gasteiger partial charge in [0, 0.05) is 12.1 Å². The van der Waals surface area contributed by atoms with Crippen LogP contribution in [0.4, 0.5) is 0 Å². The van der Waals surface area contributed by atoms with Gasteiger partial charge in [-0.3, -0.25) is 0 Å². The first-order valence-electron chi connectivity index (χ1n) is 5.52. The van der Waals surface area contributed by atoms with Crippen LogP contribution in [0.2, 0.25) is 0 Å². The summed E-state index contributed by atoms with van der Waals surface area (Å²) in [6.45, 7) is 8.09. The van der Waals surface area contributed by atoms with E-state index in [1.54, 1.807) is 0 Å². The van der Waals surface area contributed by atoms with Crippen molar-refractivity contribution in [1.82, 2.24) is 4.90 Å². The minimum absolute atomic E-state index is 0.272. The highest BCUT2D eigenvalue weighted by Gasteiger charge is 2.53. The molecule has 0 aromatic heterocycles. The number of hydrogen-bond donors (Lipinski definition) is 1. The smallest absolute Gasteiger partial charge is 0.217 e. The molecule has 1 heterocycles. The molecule has 0 spiro atoms. The van der Waals surface area contributed by atoms with E-state index in [2.05, 4.69) is 11.8 Å².